The number of aryl methyl sites for hydroxylation is 1. The summed E-state index contributed by atoms with van der Waals surface area (Å²) in [6.07, 6.45) is 3.15. The Morgan fingerprint density at radius 3 is 2.76 bits per heavy atom. The number of rotatable bonds is 4. The van der Waals surface area contributed by atoms with Crippen molar-refractivity contribution in [1.82, 2.24) is 10.2 Å². The standard InChI is InChI=1S/C22H21ClN2O4/c1-29-19-10-9-15(12-17(19)23)18(26)13-25-20(27)22(24-21(25)28)11-5-4-7-14-6-2-3-8-16(14)22/h2-3,6,8-10,12H,4-5,7,11,13H2,1H3,(H,24,28)/t22-/m0/s1. The van der Waals surface area contributed by atoms with Gasteiger partial charge in [-0.3, -0.25) is 14.5 Å². The Bertz CT molecular complexity index is 1010. The molecule has 1 spiro atoms. The summed E-state index contributed by atoms with van der Waals surface area (Å²) in [6.45, 7) is -0.336. The molecule has 1 aliphatic heterocycles. The number of imide groups is 1. The van der Waals surface area contributed by atoms with Crippen LogP contribution in [-0.2, 0) is 16.8 Å². The van der Waals surface area contributed by atoms with Gasteiger partial charge in [-0.15, -0.1) is 0 Å². The second-order valence-electron chi connectivity index (χ2n) is 7.36. The van der Waals surface area contributed by atoms with Crippen LogP contribution in [0, 0.1) is 0 Å². The fraction of sp³-hybridized carbons (Fsp3) is 0.318. The van der Waals surface area contributed by atoms with Crippen LogP contribution in [0.5, 0.6) is 5.75 Å². The molecule has 0 unspecified atom stereocenters. The highest BCUT2D eigenvalue weighted by Crippen LogP contribution is 2.39. The van der Waals surface area contributed by atoms with Crippen molar-refractivity contribution in [3.8, 4) is 5.75 Å². The van der Waals surface area contributed by atoms with E-state index in [0.29, 0.717) is 22.8 Å². The summed E-state index contributed by atoms with van der Waals surface area (Å²) in [5, 5.41) is 3.19. The van der Waals surface area contributed by atoms with Crippen LogP contribution in [0.3, 0.4) is 0 Å². The average Bonchev–Trinajstić information content (AvgIpc) is 2.86. The average molecular weight is 413 g/mol. The molecule has 29 heavy (non-hydrogen) atoms. The maximum absolute atomic E-state index is 13.4. The number of fused-ring (bicyclic) bond motifs is 2. The van der Waals surface area contributed by atoms with Crippen molar-refractivity contribution in [3.63, 3.8) is 0 Å². The molecule has 1 N–H and O–H groups in total. The van der Waals surface area contributed by atoms with Crippen LogP contribution in [0.15, 0.2) is 42.5 Å². The SMILES string of the molecule is COc1ccc(C(=O)CN2C(=O)N[C@]3(CCCCc4ccccc43)C2=O)cc1Cl. The number of ether oxygens (including phenoxy) is 1. The van der Waals surface area contributed by atoms with E-state index in [0.717, 1.165) is 35.3 Å². The molecule has 7 heteroatoms. The van der Waals surface area contributed by atoms with Gasteiger partial charge in [-0.05, 0) is 55.0 Å². The lowest BCUT2D eigenvalue weighted by Gasteiger charge is -2.27. The van der Waals surface area contributed by atoms with Crippen LogP contribution in [0.4, 0.5) is 4.79 Å². The maximum atomic E-state index is 13.4. The molecular weight excluding hydrogens is 392 g/mol. The van der Waals surface area contributed by atoms with Gasteiger partial charge in [0.25, 0.3) is 5.91 Å². The van der Waals surface area contributed by atoms with Gasteiger partial charge in [0.1, 0.15) is 11.3 Å². The van der Waals surface area contributed by atoms with E-state index in [1.54, 1.807) is 12.1 Å². The minimum Gasteiger partial charge on any atom is -0.495 e. The molecule has 1 atom stereocenters. The van der Waals surface area contributed by atoms with E-state index in [1.807, 2.05) is 24.3 Å². The minimum atomic E-state index is -1.10. The van der Waals surface area contributed by atoms with Crippen molar-refractivity contribution in [3.05, 3.63) is 64.2 Å². The number of nitrogens with one attached hydrogen (secondary N) is 1. The first-order valence-corrected chi connectivity index (χ1v) is 9.93. The summed E-state index contributed by atoms with van der Waals surface area (Å²) in [5.41, 5.74) is 1.12. The molecule has 0 aromatic heterocycles. The summed E-state index contributed by atoms with van der Waals surface area (Å²) in [6, 6.07) is 11.8. The van der Waals surface area contributed by atoms with Crippen molar-refractivity contribution in [1.29, 1.82) is 0 Å². The lowest BCUT2D eigenvalue weighted by molar-refractivity contribution is -0.131. The van der Waals surface area contributed by atoms with Crippen LogP contribution in [-0.4, -0.2) is 36.3 Å². The topological polar surface area (TPSA) is 75.7 Å². The first-order chi connectivity index (χ1) is 14.0. The van der Waals surface area contributed by atoms with Gasteiger partial charge in [-0.25, -0.2) is 4.79 Å². The summed E-state index contributed by atoms with van der Waals surface area (Å²) >= 11 is 6.10. The van der Waals surface area contributed by atoms with E-state index in [2.05, 4.69) is 5.32 Å². The van der Waals surface area contributed by atoms with Gasteiger partial charge < -0.3 is 10.1 Å². The molecule has 1 saturated heterocycles. The lowest BCUT2D eigenvalue weighted by Crippen LogP contribution is -2.44. The van der Waals surface area contributed by atoms with Gasteiger partial charge >= 0.3 is 6.03 Å². The molecular formula is C22H21ClN2O4. The zero-order valence-electron chi connectivity index (χ0n) is 16.0. The molecule has 4 rings (SSSR count). The third-order valence-electron chi connectivity index (χ3n) is 5.68. The fourth-order valence-corrected chi connectivity index (χ4v) is 4.45. The summed E-state index contributed by atoms with van der Waals surface area (Å²) in [7, 11) is 1.49. The first-order valence-electron chi connectivity index (χ1n) is 9.55. The van der Waals surface area contributed by atoms with E-state index in [9.17, 15) is 14.4 Å². The Morgan fingerprint density at radius 1 is 1.21 bits per heavy atom. The largest absolute Gasteiger partial charge is 0.495 e. The Hall–Kier alpha value is -2.86. The smallest absolute Gasteiger partial charge is 0.325 e. The molecule has 1 aliphatic carbocycles. The molecule has 2 aliphatic rings. The molecule has 2 aromatic rings. The number of methoxy groups -OCH3 is 1. The maximum Gasteiger partial charge on any atom is 0.325 e. The first kappa shape index (κ1) is 19.5. The molecule has 0 saturated carbocycles. The normalized spacial score (nSPS) is 21.0. The summed E-state index contributed by atoms with van der Waals surface area (Å²) < 4.78 is 5.10. The molecule has 1 fully saturated rings. The minimum absolute atomic E-state index is 0.296. The predicted octanol–water partition coefficient (Wildman–Crippen LogP) is 3.71. The number of urea groups is 1. The number of carbonyl (C=O) groups excluding carboxylic acids is 3. The third-order valence-corrected chi connectivity index (χ3v) is 5.97. The van der Waals surface area contributed by atoms with E-state index in [1.165, 1.54) is 13.2 Å². The monoisotopic (exact) mass is 412 g/mol. The third kappa shape index (κ3) is 3.27. The Kier molecular flexibility index (Phi) is 5.04. The number of nitrogens with zero attached hydrogens (tertiary/aromatic N) is 1. The molecule has 150 valence electrons. The number of Topliss-reactive ketones (excluding diaryl/α,β-unsaturated/α-hetero) is 1. The predicted molar refractivity (Wildman–Crippen MR) is 108 cm³/mol. The van der Waals surface area contributed by atoms with Crippen LogP contribution >= 0.6 is 11.6 Å². The Balaban J connectivity index is 1.62. The number of amides is 3. The van der Waals surface area contributed by atoms with Gasteiger partial charge in [0.2, 0.25) is 0 Å². The van der Waals surface area contributed by atoms with Crippen LogP contribution in [0.25, 0.3) is 0 Å². The van der Waals surface area contributed by atoms with Crippen molar-refractivity contribution in [2.24, 2.45) is 0 Å². The van der Waals surface area contributed by atoms with E-state index < -0.39 is 11.6 Å². The van der Waals surface area contributed by atoms with Gasteiger partial charge in [-0.1, -0.05) is 35.9 Å². The highest BCUT2D eigenvalue weighted by atomic mass is 35.5. The van der Waals surface area contributed by atoms with Crippen LogP contribution < -0.4 is 10.1 Å². The van der Waals surface area contributed by atoms with Crippen molar-refractivity contribution in [2.75, 3.05) is 13.7 Å². The van der Waals surface area contributed by atoms with E-state index in [4.69, 9.17) is 16.3 Å². The van der Waals surface area contributed by atoms with Gasteiger partial charge in [0, 0.05) is 5.56 Å². The number of hydrogen-bond acceptors (Lipinski definition) is 4. The van der Waals surface area contributed by atoms with E-state index >= 15 is 0 Å². The number of ketones is 1. The molecule has 1 heterocycles. The van der Waals surface area contributed by atoms with Crippen molar-refractivity contribution < 1.29 is 19.1 Å². The Morgan fingerprint density at radius 2 is 2.00 bits per heavy atom. The fourth-order valence-electron chi connectivity index (χ4n) is 4.19. The number of carbonyl (C=O) groups is 3. The zero-order chi connectivity index (χ0) is 20.6. The van der Waals surface area contributed by atoms with Gasteiger partial charge in [0.05, 0.1) is 18.7 Å². The van der Waals surface area contributed by atoms with Crippen molar-refractivity contribution in [2.45, 2.75) is 31.2 Å². The molecule has 2 aromatic carbocycles. The second-order valence-corrected chi connectivity index (χ2v) is 7.77. The van der Waals surface area contributed by atoms with Gasteiger partial charge in [-0.2, -0.15) is 0 Å². The zero-order valence-corrected chi connectivity index (χ0v) is 16.8. The van der Waals surface area contributed by atoms with E-state index in [-0.39, 0.29) is 18.2 Å². The van der Waals surface area contributed by atoms with Crippen LogP contribution in [0.1, 0.15) is 40.7 Å². The summed E-state index contributed by atoms with van der Waals surface area (Å²) in [5.74, 6) is -0.283. The quantitative estimate of drug-likeness (QED) is 0.613. The van der Waals surface area contributed by atoms with Crippen LogP contribution in [0.2, 0.25) is 5.02 Å². The number of hydrogen-bond donors (Lipinski definition) is 1. The molecule has 0 radical (unpaired) electrons. The van der Waals surface area contributed by atoms with Crippen molar-refractivity contribution >= 4 is 29.3 Å². The molecule has 0 bridgehead atoms. The number of halogens is 1. The second kappa shape index (κ2) is 7.52. The molecule has 3 amide bonds. The highest BCUT2D eigenvalue weighted by Gasteiger charge is 2.53. The highest BCUT2D eigenvalue weighted by molar-refractivity contribution is 6.32. The van der Waals surface area contributed by atoms with Gasteiger partial charge in [0.15, 0.2) is 5.78 Å². The summed E-state index contributed by atoms with van der Waals surface area (Å²) in [4.78, 5) is 39.9. The number of benzene rings is 2. The molecule has 6 nitrogen and oxygen atoms in total. The Labute approximate surface area is 173 Å². The lowest BCUT2D eigenvalue weighted by atomic mass is 9.84.